The molecule has 1 aliphatic heterocycles. The summed E-state index contributed by atoms with van der Waals surface area (Å²) in [5.74, 6) is -0.974. The summed E-state index contributed by atoms with van der Waals surface area (Å²) in [4.78, 5) is 36.9. The second-order valence-corrected chi connectivity index (χ2v) is 6.96. The molecule has 1 unspecified atom stereocenters. The van der Waals surface area contributed by atoms with Gasteiger partial charge in [-0.3, -0.25) is 19.7 Å². The van der Waals surface area contributed by atoms with Gasteiger partial charge in [0.25, 0.3) is 5.69 Å². The topological polar surface area (TPSA) is 92.5 Å². The Bertz CT molecular complexity index is 900. The van der Waals surface area contributed by atoms with Crippen molar-refractivity contribution in [3.05, 3.63) is 62.6 Å². The van der Waals surface area contributed by atoms with Gasteiger partial charge in [-0.1, -0.05) is 18.2 Å². The highest BCUT2D eigenvalue weighted by Crippen LogP contribution is 2.32. The van der Waals surface area contributed by atoms with Crippen LogP contribution in [0.3, 0.4) is 0 Å². The molecule has 1 saturated heterocycles. The van der Waals surface area contributed by atoms with Crippen molar-refractivity contribution in [3.8, 4) is 0 Å². The Kier molecular flexibility index (Phi) is 5.03. The van der Waals surface area contributed by atoms with Gasteiger partial charge < -0.3 is 10.2 Å². The third kappa shape index (κ3) is 3.60. The number of carbonyl (C=O) groups is 2. The molecule has 3 rings (SSSR count). The van der Waals surface area contributed by atoms with Crippen molar-refractivity contribution in [3.63, 3.8) is 0 Å². The number of nitro benzene ring substituents is 1. The molecule has 7 nitrogen and oxygen atoms in total. The third-order valence-corrected chi connectivity index (χ3v) is 5.00. The van der Waals surface area contributed by atoms with Crippen LogP contribution in [0.15, 0.2) is 46.9 Å². The fourth-order valence-corrected chi connectivity index (χ4v) is 3.38. The van der Waals surface area contributed by atoms with E-state index in [-0.39, 0.29) is 30.5 Å². The minimum Gasteiger partial charge on any atom is -0.325 e. The minimum atomic E-state index is -0.520. The van der Waals surface area contributed by atoms with Gasteiger partial charge in [-0.15, -0.1) is 0 Å². The summed E-state index contributed by atoms with van der Waals surface area (Å²) < 4.78 is 0.781. The maximum Gasteiger partial charge on any atom is 0.271 e. The zero-order valence-electron chi connectivity index (χ0n) is 13.9. The summed E-state index contributed by atoms with van der Waals surface area (Å²) >= 11 is 3.42. The number of aryl methyl sites for hydroxylation is 1. The first-order chi connectivity index (χ1) is 12.4. The van der Waals surface area contributed by atoms with Gasteiger partial charge in [-0.2, -0.15) is 0 Å². The van der Waals surface area contributed by atoms with Gasteiger partial charge in [-0.05, 0) is 40.5 Å². The second-order valence-electron chi connectivity index (χ2n) is 6.10. The first-order valence-corrected chi connectivity index (χ1v) is 8.77. The number of anilines is 2. The molecule has 0 saturated carbocycles. The van der Waals surface area contributed by atoms with Gasteiger partial charge in [0.1, 0.15) is 0 Å². The van der Waals surface area contributed by atoms with Crippen molar-refractivity contribution in [1.82, 2.24) is 0 Å². The van der Waals surface area contributed by atoms with Crippen LogP contribution in [0.25, 0.3) is 0 Å². The van der Waals surface area contributed by atoms with E-state index >= 15 is 0 Å². The Morgan fingerprint density at radius 1 is 1.31 bits per heavy atom. The molecule has 0 spiro atoms. The number of rotatable bonds is 4. The Labute approximate surface area is 158 Å². The number of halogens is 1. The van der Waals surface area contributed by atoms with Crippen molar-refractivity contribution in [1.29, 1.82) is 0 Å². The molecule has 0 radical (unpaired) electrons. The number of carbonyl (C=O) groups excluding carboxylic acids is 2. The molecule has 8 heteroatoms. The number of hydrogen-bond donors (Lipinski definition) is 1. The average molecular weight is 418 g/mol. The van der Waals surface area contributed by atoms with Gasteiger partial charge in [-0.25, -0.2) is 0 Å². The van der Waals surface area contributed by atoms with E-state index in [0.717, 1.165) is 15.7 Å². The molecule has 0 bridgehead atoms. The quantitative estimate of drug-likeness (QED) is 0.606. The van der Waals surface area contributed by atoms with E-state index in [1.54, 1.807) is 17.9 Å². The lowest BCUT2D eigenvalue weighted by atomic mass is 10.1. The van der Waals surface area contributed by atoms with Crippen molar-refractivity contribution in [2.24, 2.45) is 5.92 Å². The number of benzene rings is 2. The SMILES string of the molecule is Cc1ccc([N+](=O)[O-])cc1NC(=O)C1CC(=O)N(c2ccccc2Br)C1. The smallest absolute Gasteiger partial charge is 0.271 e. The van der Waals surface area contributed by atoms with Crippen LogP contribution < -0.4 is 10.2 Å². The molecule has 0 aliphatic carbocycles. The molecule has 2 amide bonds. The van der Waals surface area contributed by atoms with Crippen LogP contribution in [-0.2, 0) is 9.59 Å². The van der Waals surface area contributed by atoms with Crippen molar-refractivity contribution < 1.29 is 14.5 Å². The van der Waals surface area contributed by atoms with Gasteiger partial charge in [0.15, 0.2) is 0 Å². The standard InChI is InChI=1S/C18H16BrN3O4/c1-11-6-7-13(22(25)26)9-15(11)20-18(24)12-8-17(23)21(10-12)16-5-3-2-4-14(16)19/h2-7,9,12H,8,10H2,1H3,(H,20,24). The highest BCUT2D eigenvalue weighted by molar-refractivity contribution is 9.10. The molecule has 1 fully saturated rings. The van der Waals surface area contributed by atoms with Gasteiger partial charge in [0.05, 0.1) is 22.2 Å². The summed E-state index contributed by atoms with van der Waals surface area (Å²) in [7, 11) is 0. The summed E-state index contributed by atoms with van der Waals surface area (Å²) in [6.45, 7) is 2.02. The van der Waals surface area contributed by atoms with Crippen LogP contribution in [0.4, 0.5) is 17.1 Å². The molecule has 2 aromatic rings. The van der Waals surface area contributed by atoms with Crippen molar-refractivity contribution >= 4 is 44.8 Å². The van der Waals surface area contributed by atoms with E-state index in [1.807, 2.05) is 24.3 Å². The highest BCUT2D eigenvalue weighted by atomic mass is 79.9. The third-order valence-electron chi connectivity index (χ3n) is 4.33. The van der Waals surface area contributed by atoms with Crippen LogP contribution >= 0.6 is 15.9 Å². The Morgan fingerprint density at radius 3 is 2.73 bits per heavy atom. The molecule has 1 N–H and O–H groups in total. The van der Waals surface area contributed by atoms with E-state index in [2.05, 4.69) is 21.2 Å². The Hall–Kier alpha value is -2.74. The fraction of sp³-hybridized carbons (Fsp3) is 0.222. The first kappa shape index (κ1) is 18.1. The maximum absolute atomic E-state index is 12.6. The van der Waals surface area contributed by atoms with Crippen LogP contribution in [-0.4, -0.2) is 23.3 Å². The lowest BCUT2D eigenvalue weighted by Gasteiger charge is -2.18. The molecule has 26 heavy (non-hydrogen) atoms. The van der Waals surface area contributed by atoms with E-state index in [1.165, 1.54) is 12.1 Å². The van der Waals surface area contributed by atoms with Gasteiger partial charge in [0.2, 0.25) is 11.8 Å². The number of non-ortho nitro benzene ring substituents is 1. The number of nitro groups is 1. The lowest BCUT2D eigenvalue weighted by Crippen LogP contribution is -2.28. The van der Waals surface area contributed by atoms with Gasteiger partial charge >= 0.3 is 0 Å². The van der Waals surface area contributed by atoms with Gasteiger partial charge in [0, 0.05) is 29.6 Å². The highest BCUT2D eigenvalue weighted by Gasteiger charge is 2.36. The summed E-state index contributed by atoms with van der Waals surface area (Å²) in [6.07, 6.45) is 0.0984. The normalized spacial score (nSPS) is 16.6. The molecule has 0 aromatic heterocycles. The average Bonchev–Trinajstić information content (AvgIpc) is 2.99. The summed E-state index contributed by atoms with van der Waals surface area (Å²) in [6, 6.07) is 11.6. The minimum absolute atomic E-state index is 0.0942. The lowest BCUT2D eigenvalue weighted by molar-refractivity contribution is -0.384. The number of hydrogen-bond acceptors (Lipinski definition) is 4. The fourth-order valence-electron chi connectivity index (χ4n) is 2.88. The number of nitrogens with one attached hydrogen (secondary N) is 1. The van der Waals surface area contributed by atoms with E-state index in [0.29, 0.717) is 5.69 Å². The molecule has 1 heterocycles. The Balaban J connectivity index is 1.76. The first-order valence-electron chi connectivity index (χ1n) is 7.97. The zero-order valence-corrected chi connectivity index (χ0v) is 15.5. The predicted octanol–water partition coefficient (Wildman–Crippen LogP) is 3.66. The van der Waals surface area contributed by atoms with Crippen LogP contribution in [0, 0.1) is 23.0 Å². The van der Waals surface area contributed by atoms with Crippen LogP contribution in [0.1, 0.15) is 12.0 Å². The van der Waals surface area contributed by atoms with E-state index in [4.69, 9.17) is 0 Å². The van der Waals surface area contributed by atoms with E-state index in [9.17, 15) is 19.7 Å². The number of amides is 2. The predicted molar refractivity (Wildman–Crippen MR) is 101 cm³/mol. The van der Waals surface area contributed by atoms with Crippen LogP contribution in [0.2, 0.25) is 0 Å². The van der Waals surface area contributed by atoms with Crippen LogP contribution in [0.5, 0.6) is 0 Å². The largest absolute Gasteiger partial charge is 0.325 e. The van der Waals surface area contributed by atoms with E-state index < -0.39 is 10.8 Å². The second kappa shape index (κ2) is 7.25. The summed E-state index contributed by atoms with van der Waals surface area (Å²) in [5, 5.41) is 13.6. The number of nitrogens with zero attached hydrogens (tertiary/aromatic N) is 2. The monoisotopic (exact) mass is 417 g/mol. The molecular formula is C18H16BrN3O4. The molecule has 1 atom stereocenters. The number of para-hydroxylation sites is 1. The zero-order chi connectivity index (χ0) is 18.8. The molecule has 134 valence electrons. The molecular weight excluding hydrogens is 402 g/mol. The molecule has 1 aliphatic rings. The maximum atomic E-state index is 12.6. The summed E-state index contributed by atoms with van der Waals surface area (Å²) in [5.41, 5.74) is 1.73. The Morgan fingerprint density at radius 2 is 2.04 bits per heavy atom. The van der Waals surface area contributed by atoms with Crippen molar-refractivity contribution in [2.45, 2.75) is 13.3 Å². The van der Waals surface area contributed by atoms with Crippen molar-refractivity contribution in [2.75, 3.05) is 16.8 Å². The molecule has 2 aromatic carbocycles.